The Morgan fingerprint density at radius 3 is 2.67 bits per heavy atom. The molecular weight excluding hydrogens is 288 g/mol. The molecule has 0 spiro atoms. The molecule has 0 aliphatic carbocycles. The number of anilines is 1. The number of nitrogen functional groups attached to an aromatic ring is 1. The Bertz CT molecular complexity index is 838. The first-order valence-electron chi connectivity index (χ1n) is 6.07. The van der Waals surface area contributed by atoms with Gasteiger partial charge in [-0.15, -0.1) is 0 Å². The van der Waals surface area contributed by atoms with Gasteiger partial charge >= 0.3 is 5.69 Å². The van der Waals surface area contributed by atoms with Crippen LogP contribution in [0.5, 0.6) is 0 Å². The molecule has 3 rings (SSSR count). The molecule has 1 heterocycles. The van der Waals surface area contributed by atoms with Gasteiger partial charge in [-0.05, 0) is 22.9 Å². The van der Waals surface area contributed by atoms with Crippen molar-refractivity contribution in [3.05, 3.63) is 58.8 Å². The Hall–Kier alpha value is -2.67. The molecule has 2 N–H and O–H groups in total. The first-order valence-corrected chi connectivity index (χ1v) is 6.89. The van der Waals surface area contributed by atoms with Crippen LogP contribution < -0.4 is 5.73 Å². The van der Waals surface area contributed by atoms with Crippen molar-refractivity contribution in [2.24, 2.45) is 0 Å². The van der Waals surface area contributed by atoms with Gasteiger partial charge in [0.05, 0.1) is 4.92 Å². The number of nitrogens with zero attached hydrogens (tertiary/aromatic N) is 3. The fraction of sp³-hybridized carbons (Fsp3) is 0. The van der Waals surface area contributed by atoms with E-state index < -0.39 is 4.92 Å². The molecule has 0 fully saturated rings. The third kappa shape index (κ3) is 2.77. The third-order valence-electron chi connectivity index (χ3n) is 2.89. The molecule has 1 aromatic heterocycles. The minimum atomic E-state index is -0.511. The summed E-state index contributed by atoms with van der Waals surface area (Å²) in [4.78, 5) is 19.0. The van der Waals surface area contributed by atoms with E-state index in [9.17, 15) is 10.1 Å². The maximum atomic E-state index is 11.0. The predicted octanol–water partition coefficient (Wildman–Crippen LogP) is 3.27. The highest BCUT2D eigenvalue weighted by Crippen LogP contribution is 2.34. The van der Waals surface area contributed by atoms with Crippen molar-refractivity contribution < 1.29 is 4.92 Å². The zero-order chi connectivity index (χ0) is 14.8. The Labute approximate surface area is 124 Å². The molecule has 0 bridgehead atoms. The van der Waals surface area contributed by atoms with Crippen LogP contribution in [0.25, 0.3) is 10.8 Å². The van der Waals surface area contributed by atoms with Crippen LogP contribution in [0, 0.1) is 10.1 Å². The Balaban J connectivity index is 2.02. The van der Waals surface area contributed by atoms with Gasteiger partial charge in [-0.3, -0.25) is 10.1 Å². The van der Waals surface area contributed by atoms with E-state index in [0.717, 1.165) is 21.9 Å². The molecule has 2 aromatic carbocycles. The lowest BCUT2D eigenvalue weighted by atomic mass is 10.1. The van der Waals surface area contributed by atoms with Crippen molar-refractivity contribution in [1.29, 1.82) is 0 Å². The zero-order valence-electron chi connectivity index (χ0n) is 10.8. The molecule has 0 radical (unpaired) electrons. The number of hydrogen-bond acceptors (Lipinski definition) is 6. The summed E-state index contributed by atoms with van der Waals surface area (Å²) in [6, 6.07) is 13.7. The minimum absolute atomic E-state index is 0.0175. The summed E-state index contributed by atoms with van der Waals surface area (Å²) in [7, 11) is 0. The molecule has 3 aromatic rings. The molecule has 0 amide bonds. The van der Waals surface area contributed by atoms with E-state index in [1.807, 2.05) is 42.5 Å². The van der Waals surface area contributed by atoms with Crippen LogP contribution in [0.1, 0.15) is 0 Å². The molecule has 7 heteroatoms. The number of nitro groups is 1. The second-order valence-electron chi connectivity index (χ2n) is 4.29. The van der Waals surface area contributed by atoms with Gasteiger partial charge < -0.3 is 5.73 Å². The van der Waals surface area contributed by atoms with Crippen LogP contribution in [0.15, 0.2) is 58.6 Å². The van der Waals surface area contributed by atoms with Crippen LogP contribution in [0.3, 0.4) is 0 Å². The first kappa shape index (κ1) is 13.3. The van der Waals surface area contributed by atoms with E-state index in [1.165, 1.54) is 11.8 Å². The van der Waals surface area contributed by atoms with Gasteiger partial charge in [0.15, 0.2) is 5.03 Å². The summed E-state index contributed by atoms with van der Waals surface area (Å²) in [5.41, 5.74) is 5.36. The van der Waals surface area contributed by atoms with Gasteiger partial charge in [-0.25, -0.2) is 4.98 Å². The summed E-state index contributed by atoms with van der Waals surface area (Å²) in [5.74, 6) is 0.0175. The number of hydrogen-bond donors (Lipinski definition) is 1. The molecule has 0 saturated carbocycles. The fourth-order valence-electron chi connectivity index (χ4n) is 1.92. The molecule has 0 aliphatic rings. The maximum Gasteiger partial charge on any atom is 0.320 e. The Morgan fingerprint density at radius 2 is 1.90 bits per heavy atom. The Kier molecular flexibility index (Phi) is 3.41. The van der Waals surface area contributed by atoms with Crippen LogP contribution in [-0.2, 0) is 0 Å². The molecule has 104 valence electrons. The molecule has 6 nitrogen and oxygen atoms in total. The summed E-state index contributed by atoms with van der Waals surface area (Å²) in [5, 5.41) is 13.4. The van der Waals surface area contributed by atoms with E-state index in [4.69, 9.17) is 5.73 Å². The van der Waals surface area contributed by atoms with Gasteiger partial charge in [0.2, 0.25) is 5.95 Å². The Morgan fingerprint density at radius 1 is 1.14 bits per heavy atom. The molecule has 0 saturated heterocycles. The lowest BCUT2D eigenvalue weighted by Gasteiger charge is -2.04. The van der Waals surface area contributed by atoms with E-state index in [1.54, 1.807) is 0 Å². The lowest BCUT2D eigenvalue weighted by molar-refractivity contribution is -0.388. The van der Waals surface area contributed by atoms with Crippen LogP contribution >= 0.6 is 11.8 Å². The second kappa shape index (κ2) is 5.37. The molecule has 0 unspecified atom stereocenters. The second-order valence-corrected chi connectivity index (χ2v) is 5.35. The number of rotatable bonds is 3. The average Bonchev–Trinajstić information content (AvgIpc) is 2.47. The zero-order valence-corrected chi connectivity index (χ0v) is 11.6. The van der Waals surface area contributed by atoms with Gasteiger partial charge in [0.1, 0.15) is 6.20 Å². The van der Waals surface area contributed by atoms with Crippen molar-refractivity contribution in [2.45, 2.75) is 9.92 Å². The van der Waals surface area contributed by atoms with Crippen LogP contribution in [0.4, 0.5) is 11.6 Å². The number of benzene rings is 2. The van der Waals surface area contributed by atoms with Crippen molar-refractivity contribution in [2.75, 3.05) is 5.73 Å². The number of aromatic nitrogens is 2. The first-order chi connectivity index (χ1) is 10.1. The van der Waals surface area contributed by atoms with Gasteiger partial charge in [0.25, 0.3) is 0 Å². The summed E-state index contributed by atoms with van der Waals surface area (Å²) >= 11 is 1.20. The number of fused-ring (bicyclic) bond motifs is 1. The van der Waals surface area contributed by atoms with Crippen LogP contribution in [0.2, 0.25) is 0 Å². The fourth-order valence-corrected chi connectivity index (χ4v) is 2.83. The molecule has 21 heavy (non-hydrogen) atoms. The smallest absolute Gasteiger partial charge is 0.320 e. The largest absolute Gasteiger partial charge is 0.368 e. The lowest BCUT2D eigenvalue weighted by Crippen LogP contribution is -2.00. The normalized spacial score (nSPS) is 10.7. The SMILES string of the molecule is Nc1ncc([N+](=O)[O-])c(Sc2ccc3ccccc3c2)n1. The highest BCUT2D eigenvalue weighted by atomic mass is 32.2. The standard InChI is InChI=1S/C14H10N4O2S/c15-14-16-8-12(18(19)20)13(17-14)21-11-6-5-9-3-1-2-4-10(9)7-11/h1-8H,(H2,15,16,17). The quantitative estimate of drug-likeness (QED) is 0.453. The molecular formula is C14H10N4O2S. The monoisotopic (exact) mass is 298 g/mol. The van der Waals surface area contributed by atoms with E-state index in [2.05, 4.69) is 9.97 Å². The minimum Gasteiger partial charge on any atom is -0.368 e. The van der Waals surface area contributed by atoms with E-state index in [0.29, 0.717) is 0 Å². The van der Waals surface area contributed by atoms with E-state index in [-0.39, 0.29) is 16.7 Å². The summed E-state index contributed by atoms with van der Waals surface area (Å²) in [6.07, 6.45) is 1.13. The van der Waals surface area contributed by atoms with Crippen molar-refractivity contribution in [3.63, 3.8) is 0 Å². The van der Waals surface area contributed by atoms with Crippen molar-refractivity contribution >= 4 is 34.2 Å². The van der Waals surface area contributed by atoms with Crippen molar-refractivity contribution in [1.82, 2.24) is 9.97 Å². The summed E-state index contributed by atoms with van der Waals surface area (Å²) < 4.78 is 0. The highest BCUT2D eigenvalue weighted by Gasteiger charge is 2.17. The van der Waals surface area contributed by atoms with Gasteiger partial charge in [-0.2, -0.15) is 4.98 Å². The predicted molar refractivity (Wildman–Crippen MR) is 81.2 cm³/mol. The molecule has 0 atom stereocenters. The van der Waals surface area contributed by atoms with Crippen molar-refractivity contribution in [3.8, 4) is 0 Å². The maximum absolute atomic E-state index is 11.0. The summed E-state index contributed by atoms with van der Waals surface area (Å²) in [6.45, 7) is 0. The van der Waals surface area contributed by atoms with Crippen LogP contribution in [-0.4, -0.2) is 14.9 Å². The van der Waals surface area contributed by atoms with E-state index >= 15 is 0 Å². The van der Waals surface area contributed by atoms with Gasteiger partial charge in [0, 0.05) is 4.90 Å². The topological polar surface area (TPSA) is 94.9 Å². The number of nitrogens with two attached hydrogens (primary N) is 1. The molecule has 0 aliphatic heterocycles. The van der Waals surface area contributed by atoms with Gasteiger partial charge in [-0.1, -0.05) is 42.1 Å². The third-order valence-corrected chi connectivity index (χ3v) is 3.87. The average molecular weight is 298 g/mol. The highest BCUT2D eigenvalue weighted by molar-refractivity contribution is 7.99.